The molecule has 0 saturated heterocycles. The van der Waals surface area contributed by atoms with Gasteiger partial charge in [0.2, 0.25) is 5.28 Å². The molecule has 0 amide bonds. The molecule has 0 aliphatic heterocycles. The number of benzene rings is 1. The predicted octanol–water partition coefficient (Wildman–Crippen LogP) is 2.76. The second-order valence-corrected chi connectivity index (χ2v) is 4.02. The number of hydrogen-bond donors (Lipinski definition) is 1. The number of nitrogens with zero attached hydrogens (tertiary/aromatic N) is 3. The Labute approximate surface area is 120 Å². The summed E-state index contributed by atoms with van der Waals surface area (Å²) in [4.78, 5) is 7.77. The molecule has 0 atom stereocenters. The van der Waals surface area contributed by atoms with Crippen molar-refractivity contribution in [1.29, 1.82) is 5.26 Å². The van der Waals surface area contributed by atoms with Gasteiger partial charge in [-0.25, -0.2) is 9.97 Å². The van der Waals surface area contributed by atoms with Gasteiger partial charge in [0.1, 0.15) is 17.6 Å². The second kappa shape index (κ2) is 6.08. The Bertz CT molecular complexity index is 670. The summed E-state index contributed by atoms with van der Waals surface area (Å²) in [5, 5.41) is 11.9. The Kier molecular flexibility index (Phi) is 4.23. The van der Waals surface area contributed by atoms with Crippen LogP contribution in [0, 0.1) is 11.3 Å². The summed E-state index contributed by atoms with van der Waals surface area (Å²) in [6.45, 7) is 0. The van der Waals surface area contributed by atoms with Crippen molar-refractivity contribution in [2.75, 3.05) is 19.5 Å². The van der Waals surface area contributed by atoms with E-state index in [4.69, 9.17) is 26.3 Å². The monoisotopic (exact) mass is 290 g/mol. The topological polar surface area (TPSA) is 80.1 Å². The maximum Gasteiger partial charge on any atom is 0.225 e. The molecule has 0 saturated carbocycles. The van der Waals surface area contributed by atoms with Gasteiger partial charge >= 0.3 is 0 Å². The zero-order valence-electron chi connectivity index (χ0n) is 10.8. The first kappa shape index (κ1) is 13.9. The lowest BCUT2D eigenvalue weighted by molar-refractivity contribution is 0.356. The van der Waals surface area contributed by atoms with Gasteiger partial charge in [0.15, 0.2) is 11.5 Å². The number of aromatic nitrogens is 2. The largest absolute Gasteiger partial charge is 0.493 e. The van der Waals surface area contributed by atoms with Crippen LogP contribution in [0.3, 0.4) is 0 Å². The second-order valence-electron chi connectivity index (χ2n) is 3.69. The smallest absolute Gasteiger partial charge is 0.225 e. The Hall–Kier alpha value is -2.52. The minimum atomic E-state index is -0.00610. The van der Waals surface area contributed by atoms with Crippen molar-refractivity contribution in [1.82, 2.24) is 9.97 Å². The SMILES string of the molecule is COc1cccc(Nc2cc(C#N)nc(Cl)n2)c1OC. The van der Waals surface area contributed by atoms with E-state index >= 15 is 0 Å². The van der Waals surface area contributed by atoms with Crippen molar-refractivity contribution in [3.8, 4) is 17.6 Å². The molecule has 102 valence electrons. The van der Waals surface area contributed by atoms with Gasteiger partial charge in [0.25, 0.3) is 0 Å². The number of hydrogen-bond acceptors (Lipinski definition) is 6. The third kappa shape index (κ3) is 2.90. The van der Waals surface area contributed by atoms with Crippen molar-refractivity contribution >= 4 is 23.1 Å². The number of ether oxygens (including phenoxy) is 2. The molecule has 1 aromatic heterocycles. The molecular weight excluding hydrogens is 280 g/mol. The summed E-state index contributed by atoms with van der Waals surface area (Å²) >= 11 is 5.76. The summed E-state index contributed by atoms with van der Waals surface area (Å²) in [5.74, 6) is 1.51. The molecule has 0 aliphatic carbocycles. The van der Waals surface area contributed by atoms with Crippen LogP contribution in [0.25, 0.3) is 0 Å². The predicted molar refractivity (Wildman–Crippen MR) is 74.6 cm³/mol. The van der Waals surface area contributed by atoms with Gasteiger partial charge in [0, 0.05) is 6.07 Å². The van der Waals surface area contributed by atoms with E-state index in [0.717, 1.165) is 0 Å². The molecule has 20 heavy (non-hydrogen) atoms. The minimum Gasteiger partial charge on any atom is -0.493 e. The van der Waals surface area contributed by atoms with Crippen molar-refractivity contribution < 1.29 is 9.47 Å². The third-order valence-corrected chi connectivity index (χ3v) is 2.65. The fraction of sp³-hybridized carbons (Fsp3) is 0.154. The Morgan fingerprint density at radius 1 is 1.25 bits per heavy atom. The molecule has 1 aromatic carbocycles. The van der Waals surface area contributed by atoms with Gasteiger partial charge in [-0.05, 0) is 23.7 Å². The zero-order valence-corrected chi connectivity index (χ0v) is 11.6. The van der Waals surface area contributed by atoms with Crippen LogP contribution >= 0.6 is 11.6 Å². The van der Waals surface area contributed by atoms with Crippen LogP contribution in [0.4, 0.5) is 11.5 Å². The van der Waals surface area contributed by atoms with Crippen molar-refractivity contribution in [3.63, 3.8) is 0 Å². The van der Waals surface area contributed by atoms with Gasteiger partial charge in [0.05, 0.1) is 19.9 Å². The van der Waals surface area contributed by atoms with E-state index < -0.39 is 0 Å². The molecule has 0 bridgehead atoms. The van der Waals surface area contributed by atoms with E-state index in [-0.39, 0.29) is 11.0 Å². The first-order chi connectivity index (χ1) is 9.67. The summed E-state index contributed by atoms with van der Waals surface area (Å²) in [5.41, 5.74) is 0.819. The lowest BCUT2D eigenvalue weighted by Gasteiger charge is -2.13. The quantitative estimate of drug-likeness (QED) is 0.872. The van der Waals surface area contributed by atoms with Crippen LogP contribution in [0.15, 0.2) is 24.3 Å². The molecule has 6 nitrogen and oxygen atoms in total. The Morgan fingerprint density at radius 2 is 2.05 bits per heavy atom. The molecule has 0 spiro atoms. The van der Waals surface area contributed by atoms with Gasteiger partial charge < -0.3 is 14.8 Å². The van der Waals surface area contributed by atoms with E-state index in [1.54, 1.807) is 25.3 Å². The molecule has 2 rings (SSSR count). The van der Waals surface area contributed by atoms with Crippen LogP contribution in [-0.4, -0.2) is 24.2 Å². The molecule has 1 heterocycles. The summed E-state index contributed by atoms with van der Waals surface area (Å²) in [7, 11) is 3.09. The Balaban J connectivity index is 2.40. The average Bonchev–Trinajstić information content (AvgIpc) is 2.46. The van der Waals surface area contributed by atoms with Crippen molar-refractivity contribution in [2.45, 2.75) is 0 Å². The third-order valence-electron chi connectivity index (χ3n) is 2.48. The Morgan fingerprint density at radius 3 is 2.70 bits per heavy atom. The fourth-order valence-electron chi connectivity index (χ4n) is 1.66. The highest BCUT2D eigenvalue weighted by Gasteiger charge is 2.11. The van der Waals surface area contributed by atoms with E-state index in [2.05, 4.69) is 15.3 Å². The first-order valence-corrected chi connectivity index (χ1v) is 5.98. The van der Waals surface area contributed by atoms with Gasteiger partial charge in [-0.3, -0.25) is 0 Å². The highest BCUT2D eigenvalue weighted by atomic mass is 35.5. The molecule has 0 unspecified atom stereocenters. The maximum atomic E-state index is 8.86. The van der Waals surface area contributed by atoms with Crippen LogP contribution in [0.1, 0.15) is 5.69 Å². The number of para-hydroxylation sites is 1. The zero-order chi connectivity index (χ0) is 14.5. The van der Waals surface area contributed by atoms with Crippen LogP contribution in [-0.2, 0) is 0 Å². The standard InChI is InChI=1S/C13H11ClN4O2/c1-19-10-5-3-4-9(12(10)20-2)17-11-6-8(7-15)16-13(14)18-11/h3-6H,1-2H3,(H,16,17,18). The molecule has 0 fully saturated rings. The number of nitrogens with one attached hydrogen (secondary N) is 1. The minimum absolute atomic E-state index is 0.00610. The highest BCUT2D eigenvalue weighted by molar-refractivity contribution is 6.28. The van der Waals surface area contributed by atoms with Crippen LogP contribution in [0.2, 0.25) is 5.28 Å². The summed E-state index contributed by atoms with van der Waals surface area (Å²) in [6, 6.07) is 8.78. The van der Waals surface area contributed by atoms with E-state index in [0.29, 0.717) is 23.0 Å². The van der Waals surface area contributed by atoms with E-state index in [1.165, 1.54) is 13.2 Å². The van der Waals surface area contributed by atoms with E-state index in [1.807, 2.05) is 6.07 Å². The number of nitriles is 1. The molecular formula is C13H11ClN4O2. The average molecular weight is 291 g/mol. The lowest BCUT2D eigenvalue weighted by Crippen LogP contribution is -2.00. The van der Waals surface area contributed by atoms with Gasteiger partial charge in [-0.15, -0.1) is 0 Å². The number of rotatable bonds is 4. The van der Waals surface area contributed by atoms with Crippen LogP contribution in [0.5, 0.6) is 11.5 Å². The first-order valence-electron chi connectivity index (χ1n) is 5.60. The van der Waals surface area contributed by atoms with E-state index in [9.17, 15) is 0 Å². The summed E-state index contributed by atoms with van der Waals surface area (Å²) in [6.07, 6.45) is 0. The highest BCUT2D eigenvalue weighted by Crippen LogP contribution is 2.36. The molecule has 7 heteroatoms. The number of methoxy groups -OCH3 is 2. The van der Waals surface area contributed by atoms with Gasteiger partial charge in [-0.2, -0.15) is 5.26 Å². The normalized spacial score (nSPS) is 9.70. The molecule has 1 N–H and O–H groups in total. The molecule has 2 aromatic rings. The molecule has 0 radical (unpaired) electrons. The summed E-state index contributed by atoms with van der Waals surface area (Å²) < 4.78 is 10.5. The number of halogens is 1. The molecule has 0 aliphatic rings. The van der Waals surface area contributed by atoms with Crippen LogP contribution < -0.4 is 14.8 Å². The maximum absolute atomic E-state index is 8.86. The van der Waals surface area contributed by atoms with Crippen molar-refractivity contribution in [3.05, 3.63) is 35.2 Å². The van der Waals surface area contributed by atoms with Crippen molar-refractivity contribution in [2.24, 2.45) is 0 Å². The number of anilines is 2. The fourth-order valence-corrected chi connectivity index (χ4v) is 1.84. The lowest BCUT2D eigenvalue weighted by atomic mass is 10.2. The van der Waals surface area contributed by atoms with Gasteiger partial charge in [-0.1, -0.05) is 6.07 Å².